The van der Waals surface area contributed by atoms with Crippen molar-refractivity contribution in [2.75, 3.05) is 32.7 Å². The zero-order valence-corrected chi connectivity index (χ0v) is 14.3. The maximum absolute atomic E-state index is 12.6. The number of alkyl halides is 3. The summed E-state index contributed by atoms with van der Waals surface area (Å²) >= 11 is 0. The Kier molecular flexibility index (Phi) is 6.05. The summed E-state index contributed by atoms with van der Waals surface area (Å²) in [4.78, 5) is 27.7. The third kappa shape index (κ3) is 5.45. The Labute approximate surface area is 144 Å². The first-order valence-corrected chi connectivity index (χ1v) is 8.15. The Bertz CT molecular complexity index is 607. The van der Waals surface area contributed by atoms with E-state index < -0.39 is 11.7 Å². The number of carbonyl (C=O) groups is 2. The SMILES string of the molecule is CC(C)NC(=O)CN1CCN(C(=O)c2ccc(C(F)(F)F)cc2)CC1. The topological polar surface area (TPSA) is 52.7 Å². The first kappa shape index (κ1) is 19.2. The molecule has 1 fully saturated rings. The molecule has 25 heavy (non-hydrogen) atoms. The van der Waals surface area contributed by atoms with E-state index in [1.54, 1.807) is 4.90 Å². The van der Waals surface area contributed by atoms with Crippen molar-refractivity contribution >= 4 is 11.8 Å². The molecule has 0 atom stereocenters. The van der Waals surface area contributed by atoms with Gasteiger partial charge in [-0.15, -0.1) is 0 Å². The van der Waals surface area contributed by atoms with Crippen LogP contribution < -0.4 is 5.32 Å². The van der Waals surface area contributed by atoms with Gasteiger partial charge in [-0.3, -0.25) is 14.5 Å². The number of halogens is 3. The molecule has 1 aromatic rings. The van der Waals surface area contributed by atoms with E-state index in [2.05, 4.69) is 5.32 Å². The fourth-order valence-electron chi connectivity index (χ4n) is 2.66. The van der Waals surface area contributed by atoms with E-state index in [9.17, 15) is 22.8 Å². The van der Waals surface area contributed by atoms with Crippen molar-refractivity contribution in [3.05, 3.63) is 35.4 Å². The van der Waals surface area contributed by atoms with Crippen molar-refractivity contribution in [3.63, 3.8) is 0 Å². The van der Waals surface area contributed by atoms with Crippen LogP contribution in [0.1, 0.15) is 29.8 Å². The molecule has 1 saturated heterocycles. The fraction of sp³-hybridized carbons (Fsp3) is 0.529. The molecule has 1 N–H and O–H groups in total. The molecule has 8 heteroatoms. The molecule has 0 saturated carbocycles. The number of nitrogens with one attached hydrogen (secondary N) is 1. The first-order chi connectivity index (χ1) is 11.7. The van der Waals surface area contributed by atoms with Gasteiger partial charge in [0.25, 0.3) is 5.91 Å². The smallest absolute Gasteiger partial charge is 0.353 e. The minimum absolute atomic E-state index is 0.0579. The summed E-state index contributed by atoms with van der Waals surface area (Å²) in [5.74, 6) is -0.350. The minimum atomic E-state index is -4.41. The molecule has 0 aromatic heterocycles. The molecular formula is C17H22F3N3O2. The van der Waals surface area contributed by atoms with E-state index in [1.807, 2.05) is 18.7 Å². The van der Waals surface area contributed by atoms with Crippen molar-refractivity contribution in [2.24, 2.45) is 0 Å². The fourth-order valence-corrected chi connectivity index (χ4v) is 2.66. The summed E-state index contributed by atoms with van der Waals surface area (Å²) in [5, 5.41) is 2.81. The van der Waals surface area contributed by atoms with Crippen molar-refractivity contribution in [1.29, 1.82) is 0 Å². The van der Waals surface area contributed by atoms with Crippen molar-refractivity contribution in [1.82, 2.24) is 15.1 Å². The lowest BCUT2D eigenvalue weighted by Gasteiger charge is -2.34. The van der Waals surface area contributed by atoms with E-state index in [-0.39, 0.29) is 30.0 Å². The Morgan fingerprint density at radius 1 is 1.08 bits per heavy atom. The van der Waals surface area contributed by atoms with Gasteiger partial charge in [0.2, 0.25) is 5.91 Å². The highest BCUT2D eigenvalue weighted by Gasteiger charge is 2.30. The monoisotopic (exact) mass is 357 g/mol. The second-order valence-corrected chi connectivity index (χ2v) is 6.37. The molecule has 0 unspecified atom stereocenters. The molecule has 0 radical (unpaired) electrons. The summed E-state index contributed by atoms with van der Waals surface area (Å²) in [6, 6.07) is 4.32. The summed E-state index contributed by atoms with van der Waals surface area (Å²) in [5.41, 5.74) is -0.538. The predicted molar refractivity (Wildman–Crippen MR) is 87.1 cm³/mol. The summed E-state index contributed by atoms with van der Waals surface area (Å²) in [7, 11) is 0. The number of amides is 2. The number of piperazine rings is 1. The van der Waals surface area contributed by atoms with Crippen LogP contribution in [0.15, 0.2) is 24.3 Å². The van der Waals surface area contributed by atoms with Gasteiger partial charge in [0.05, 0.1) is 12.1 Å². The van der Waals surface area contributed by atoms with Crippen LogP contribution in [-0.2, 0) is 11.0 Å². The van der Waals surface area contributed by atoms with Crippen molar-refractivity contribution in [3.8, 4) is 0 Å². The number of hydrogen-bond donors (Lipinski definition) is 1. The highest BCUT2D eigenvalue weighted by molar-refractivity contribution is 5.94. The van der Waals surface area contributed by atoms with Gasteiger partial charge in [-0.25, -0.2) is 0 Å². The van der Waals surface area contributed by atoms with Gasteiger partial charge >= 0.3 is 6.18 Å². The predicted octanol–water partition coefficient (Wildman–Crippen LogP) is 1.99. The molecule has 2 rings (SSSR count). The highest BCUT2D eigenvalue weighted by Crippen LogP contribution is 2.29. The van der Waals surface area contributed by atoms with Crippen molar-refractivity contribution in [2.45, 2.75) is 26.1 Å². The zero-order chi connectivity index (χ0) is 18.6. The van der Waals surface area contributed by atoms with Gasteiger partial charge in [-0.2, -0.15) is 13.2 Å². The van der Waals surface area contributed by atoms with Gasteiger partial charge in [-0.1, -0.05) is 0 Å². The number of rotatable bonds is 4. The summed E-state index contributed by atoms with van der Waals surface area (Å²) in [6.45, 7) is 6.04. The highest BCUT2D eigenvalue weighted by atomic mass is 19.4. The largest absolute Gasteiger partial charge is 0.416 e. The van der Waals surface area contributed by atoms with Crippen LogP contribution in [0.5, 0.6) is 0 Å². The summed E-state index contributed by atoms with van der Waals surface area (Å²) in [6.07, 6.45) is -4.41. The van der Waals surface area contributed by atoms with Crippen LogP contribution in [0, 0.1) is 0 Å². The van der Waals surface area contributed by atoms with E-state index in [0.717, 1.165) is 12.1 Å². The maximum Gasteiger partial charge on any atom is 0.416 e. The van der Waals surface area contributed by atoms with E-state index in [0.29, 0.717) is 26.2 Å². The second kappa shape index (κ2) is 7.86. The van der Waals surface area contributed by atoms with Crippen LogP contribution in [0.2, 0.25) is 0 Å². The lowest BCUT2D eigenvalue weighted by Crippen LogP contribution is -2.51. The number of carbonyl (C=O) groups excluding carboxylic acids is 2. The maximum atomic E-state index is 12.6. The molecule has 138 valence electrons. The summed E-state index contributed by atoms with van der Waals surface area (Å²) < 4.78 is 37.7. The molecule has 2 amide bonds. The normalized spacial score (nSPS) is 16.2. The molecule has 0 bridgehead atoms. The second-order valence-electron chi connectivity index (χ2n) is 6.37. The quantitative estimate of drug-likeness (QED) is 0.897. The van der Waals surface area contributed by atoms with Crippen LogP contribution in [0.3, 0.4) is 0 Å². The average molecular weight is 357 g/mol. The standard InChI is InChI=1S/C17H22F3N3O2/c1-12(2)21-15(24)11-22-7-9-23(10-8-22)16(25)13-3-5-14(6-4-13)17(18,19)20/h3-6,12H,7-11H2,1-2H3,(H,21,24). The molecule has 1 aliphatic heterocycles. The van der Waals surface area contributed by atoms with Crippen LogP contribution in [-0.4, -0.2) is 60.4 Å². The molecule has 1 heterocycles. The van der Waals surface area contributed by atoms with Crippen molar-refractivity contribution < 1.29 is 22.8 Å². The lowest BCUT2D eigenvalue weighted by molar-refractivity contribution is -0.137. The van der Waals surface area contributed by atoms with Gasteiger partial charge < -0.3 is 10.2 Å². The molecule has 5 nitrogen and oxygen atoms in total. The molecular weight excluding hydrogens is 335 g/mol. The number of hydrogen-bond acceptors (Lipinski definition) is 3. The van der Waals surface area contributed by atoms with Gasteiger partial charge in [0.15, 0.2) is 0 Å². The molecule has 0 aliphatic carbocycles. The van der Waals surface area contributed by atoms with E-state index in [1.165, 1.54) is 12.1 Å². The Morgan fingerprint density at radius 2 is 1.64 bits per heavy atom. The molecule has 0 spiro atoms. The number of nitrogens with zero attached hydrogens (tertiary/aromatic N) is 2. The van der Waals surface area contributed by atoms with Crippen LogP contribution in [0.4, 0.5) is 13.2 Å². The van der Waals surface area contributed by atoms with E-state index >= 15 is 0 Å². The lowest BCUT2D eigenvalue weighted by atomic mass is 10.1. The molecule has 1 aromatic carbocycles. The van der Waals surface area contributed by atoms with Crippen LogP contribution in [0.25, 0.3) is 0 Å². The number of benzene rings is 1. The Balaban J connectivity index is 1.88. The molecule has 1 aliphatic rings. The van der Waals surface area contributed by atoms with E-state index in [4.69, 9.17) is 0 Å². The first-order valence-electron chi connectivity index (χ1n) is 8.15. The average Bonchev–Trinajstić information content (AvgIpc) is 2.53. The minimum Gasteiger partial charge on any atom is -0.353 e. The van der Waals surface area contributed by atoms with Crippen LogP contribution >= 0.6 is 0 Å². The van der Waals surface area contributed by atoms with Gasteiger partial charge in [-0.05, 0) is 38.1 Å². The zero-order valence-electron chi connectivity index (χ0n) is 14.3. The Morgan fingerprint density at radius 3 is 2.12 bits per heavy atom. The van der Waals surface area contributed by atoms with Gasteiger partial charge in [0.1, 0.15) is 0 Å². The Hall–Kier alpha value is -2.09. The third-order valence-electron chi connectivity index (χ3n) is 3.94. The third-order valence-corrected chi connectivity index (χ3v) is 3.94. The van der Waals surface area contributed by atoms with Gasteiger partial charge in [0, 0.05) is 37.8 Å².